The first-order chi connectivity index (χ1) is 8.64. The minimum absolute atomic E-state index is 0. The van der Waals surface area contributed by atoms with Crippen molar-refractivity contribution in [3.63, 3.8) is 0 Å². The van der Waals surface area contributed by atoms with Crippen LogP contribution in [0.2, 0.25) is 0 Å². The Hall–Kier alpha value is -0.838. The molecule has 0 atom stereocenters. The van der Waals surface area contributed by atoms with Crippen molar-refractivity contribution < 1.29 is 61.7 Å². The molecule has 0 saturated carbocycles. The van der Waals surface area contributed by atoms with Gasteiger partial charge in [0.1, 0.15) is 0 Å². The van der Waals surface area contributed by atoms with Crippen LogP contribution in [0.3, 0.4) is 0 Å². The molecule has 132 valence electrons. The molecule has 18 heteroatoms. The molecule has 0 radical (unpaired) electrons. The number of carboxylic acids is 1. The van der Waals surface area contributed by atoms with Gasteiger partial charge < -0.3 is 56.9 Å². The van der Waals surface area contributed by atoms with Crippen LogP contribution in [-0.2, 0) is 4.79 Å². The van der Waals surface area contributed by atoms with Crippen LogP contribution in [0.25, 0.3) is 0 Å². The molecular formula is C4H7B3F12LiO2-3. The fourth-order valence-electron chi connectivity index (χ4n) is 0. The van der Waals surface area contributed by atoms with Gasteiger partial charge >= 0.3 is 46.6 Å². The Morgan fingerprint density at radius 2 is 0.773 bits per heavy atom. The molecule has 0 heterocycles. The van der Waals surface area contributed by atoms with E-state index in [1.165, 1.54) is 6.92 Å². The van der Waals surface area contributed by atoms with E-state index in [-0.39, 0.29) is 24.4 Å². The van der Waals surface area contributed by atoms with Crippen molar-refractivity contribution in [1.29, 1.82) is 0 Å². The fraction of sp³-hybridized carbons (Fsp3) is 0.250. The van der Waals surface area contributed by atoms with Crippen molar-refractivity contribution >= 4 is 46.6 Å². The van der Waals surface area contributed by atoms with E-state index in [9.17, 15) is 56.6 Å². The first kappa shape index (κ1) is 32.9. The Kier molecular flexibility index (Phi) is 20.7. The molecule has 0 aliphatic carbocycles. The van der Waals surface area contributed by atoms with Crippen molar-refractivity contribution in [3.8, 4) is 0 Å². The van der Waals surface area contributed by atoms with Crippen LogP contribution in [0.5, 0.6) is 0 Å². The predicted molar refractivity (Wildman–Crippen MR) is 60.2 cm³/mol. The Morgan fingerprint density at radius 1 is 0.727 bits per heavy atom. The van der Waals surface area contributed by atoms with Crippen molar-refractivity contribution in [2.45, 2.75) is 6.92 Å². The summed E-state index contributed by atoms with van der Waals surface area (Å²) in [6, 6.07) is 0. The van der Waals surface area contributed by atoms with Gasteiger partial charge in [-0.25, -0.2) is 4.79 Å². The van der Waals surface area contributed by atoms with E-state index >= 15 is 0 Å². The maximum absolute atomic E-state index is 9.75. The molecule has 0 saturated heterocycles. The van der Waals surface area contributed by atoms with Gasteiger partial charge in [0, 0.05) is 5.57 Å². The first-order valence-corrected chi connectivity index (χ1v) is 4.15. The topological polar surface area (TPSA) is 37.3 Å². The number of aliphatic carboxylic acids is 1. The molecule has 0 amide bonds. The standard InChI is InChI=1S/C4H6O2.3BF4.Li.H/c1-3(2)4(5)6;3*2-1(3,4)5;;/h1H2,2H3,(H,5,6);;;;;/q;3*-1;;. The fourth-order valence-corrected chi connectivity index (χ4v) is 0. The molecule has 0 rings (SSSR count). The summed E-state index contributed by atoms with van der Waals surface area (Å²) in [4.78, 5) is 9.60. The van der Waals surface area contributed by atoms with Crippen molar-refractivity contribution in [1.82, 2.24) is 0 Å². The summed E-state index contributed by atoms with van der Waals surface area (Å²) in [6.07, 6.45) is 0. The molecule has 0 aromatic carbocycles. The Morgan fingerprint density at radius 3 is 0.773 bits per heavy atom. The molecule has 0 spiro atoms. The summed E-state index contributed by atoms with van der Waals surface area (Å²) in [5, 5.41) is 7.89. The zero-order valence-electron chi connectivity index (χ0n) is 9.83. The molecule has 1 N–H and O–H groups in total. The summed E-state index contributed by atoms with van der Waals surface area (Å²) in [6.45, 7) is 4.60. The summed E-state index contributed by atoms with van der Waals surface area (Å²) in [7, 11) is -18.0. The van der Waals surface area contributed by atoms with Gasteiger partial charge in [0.2, 0.25) is 0 Å². The summed E-state index contributed by atoms with van der Waals surface area (Å²) in [5.74, 6) is -0.935. The zero-order chi connectivity index (χ0) is 18.7. The monoisotopic (exact) mass is 355 g/mol. The number of carboxylic acid groups (broad SMARTS) is 1. The molecule has 0 aromatic heterocycles. The normalized spacial score (nSPS) is 10.2. The van der Waals surface area contributed by atoms with E-state index in [0.29, 0.717) is 0 Å². The number of hydrogen-bond acceptors (Lipinski definition) is 1. The Balaban J connectivity index is -0.0000000577. The second-order valence-corrected chi connectivity index (χ2v) is 2.57. The van der Waals surface area contributed by atoms with Gasteiger partial charge in [-0.3, -0.25) is 0 Å². The van der Waals surface area contributed by atoms with Gasteiger partial charge in [0.25, 0.3) is 0 Å². The molecule has 0 aliphatic rings. The molecular weight excluding hydrogens is 347 g/mol. The van der Waals surface area contributed by atoms with Crippen LogP contribution >= 0.6 is 0 Å². The number of hydrogen-bond donors (Lipinski definition) is 1. The molecule has 2 nitrogen and oxygen atoms in total. The number of carbonyl (C=O) groups is 1. The minimum atomic E-state index is -6.00. The molecule has 0 aliphatic heterocycles. The van der Waals surface area contributed by atoms with Gasteiger partial charge in [-0.05, 0) is 6.92 Å². The quantitative estimate of drug-likeness (QED) is 0.441. The third kappa shape index (κ3) is 632. The van der Waals surface area contributed by atoms with Crippen LogP contribution in [0.15, 0.2) is 12.2 Å². The van der Waals surface area contributed by atoms with Crippen LogP contribution in [0.1, 0.15) is 6.92 Å². The maximum atomic E-state index is 9.75. The van der Waals surface area contributed by atoms with Crippen molar-refractivity contribution in [3.05, 3.63) is 12.2 Å². The average molecular weight is 354 g/mol. The van der Waals surface area contributed by atoms with Gasteiger partial charge in [-0.2, -0.15) is 0 Å². The summed E-state index contributed by atoms with van der Waals surface area (Å²) < 4.78 is 117. The molecule has 22 heavy (non-hydrogen) atoms. The van der Waals surface area contributed by atoms with E-state index in [1.54, 1.807) is 0 Å². The van der Waals surface area contributed by atoms with E-state index in [2.05, 4.69) is 6.58 Å². The van der Waals surface area contributed by atoms with Gasteiger partial charge in [-0.15, -0.1) is 0 Å². The summed E-state index contributed by atoms with van der Waals surface area (Å²) in [5.41, 5.74) is 0.176. The summed E-state index contributed by atoms with van der Waals surface area (Å²) >= 11 is 0. The second-order valence-electron chi connectivity index (χ2n) is 2.57. The van der Waals surface area contributed by atoms with E-state index in [1.807, 2.05) is 0 Å². The Bertz CT molecular complexity index is 240. The second kappa shape index (κ2) is 13.8. The van der Waals surface area contributed by atoms with Crippen LogP contribution in [0, 0.1) is 0 Å². The third-order valence-corrected chi connectivity index (χ3v) is 0.365. The van der Waals surface area contributed by atoms with Gasteiger partial charge in [0.05, 0.1) is 0 Å². The predicted octanol–water partition coefficient (Wildman–Crippen LogP) is 3.90. The number of halogens is 12. The van der Waals surface area contributed by atoms with Crippen LogP contribution < -0.4 is 0 Å². The van der Waals surface area contributed by atoms with Crippen LogP contribution in [-0.4, -0.2) is 51.7 Å². The SMILES string of the molecule is C=C(C)C(=O)O.F[B-](F)(F)F.F[B-](F)(F)F.F[B-](F)(F)F.[LiH]. The first-order valence-electron chi connectivity index (χ1n) is 4.15. The van der Waals surface area contributed by atoms with E-state index in [4.69, 9.17) is 5.11 Å². The molecule has 0 unspecified atom stereocenters. The van der Waals surface area contributed by atoms with E-state index in [0.717, 1.165) is 0 Å². The van der Waals surface area contributed by atoms with Crippen molar-refractivity contribution in [2.75, 3.05) is 0 Å². The van der Waals surface area contributed by atoms with E-state index < -0.39 is 27.7 Å². The number of rotatable bonds is 1. The molecule has 0 aromatic rings. The third-order valence-electron chi connectivity index (χ3n) is 0.365. The molecule has 0 bridgehead atoms. The average Bonchev–Trinajstić information content (AvgIpc) is 1.92. The Labute approximate surface area is 128 Å². The van der Waals surface area contributed by atoms with Crippen molar-refractivity contribution in [2.24, 2.45) is 0 Å². The van der Waals surface area contributed by atoms with Gasteiger partial charge in [-0.1, -0.05) is 6.58 Å². The zero-order valence-corrected chi connectivity index (χ0v) is 9.83. The van der Waals surface area contributed by atoms with Gasteiger partial charge in [0.15, 0.2) is 0 Å². The van der Waals surface area contributed by atoms with Crippen LogP contribution in [0.4, 0.5) is 51.8 Å². The molecule has 0 fully saturated rings.